The van der Waals surface area contributed by atoms with Crippen molar-refractivity contribution in [1.29, 1.82) is 0 Å². The van der Waals surface area contributed by atoms with Crippen molar-refractivity contribution in [2.24, 2.45) is 0 Å². The van der Waals surface area contributed by atoms with Crippen molar-refractivity contribution in [3.63, 3.8) is 0 Å². The fraction of sp³-hybridized carbons (Fsp3) is 0.300. The van der Waals surface area contributed by atoms with Crippen molar-refractivity contribution >= 4 is 5.91 Å². The molecule has 0 saturated heterocycles. The number of amides is 1. The lowest BCUT2D eigenvalue weighted by Crippen LogP contribution is -2.31. The van der Waals surface area contributed by atoms with Crippen LogP contribution in [0.5, 0.6) is 0 Å². The Morgan fingerprint density at radius 1 is 1.29 bits per heavy atom. The Balaban J connectivity index is 3.02. The zero-order chi connectivity index (χ0) is 13.2. The third kappa shape index (κ3) is 2.94. The monoisotopic (exact) mass is 251 g/mol. The standard InChI is InChI=1S/C10H9F4NO2/c1-4(16)3-15-10(17)5-2-6(11)8(13)9(14)7(5)12/h2,4,16H,3H2,1H3,(H,15,17)/t4-/m1/s1. The van der Waals surface area contributed by atoms with Gasteiger partial charge in [-0.05, 0) is 13.0 Å². The summed E-state index contributed by atoms with van der Waals surface area (Å²) in [6.45, 7) is 1.13. The SMILES string of the molecule is C[C@@H](O)CNC(=O)c1cc(F)c(F)c(F)c1F. The molecule has 2 N–H and O–H groups in total. The maximum atomic E-state index is 13.1. The van der Waals surface area contributed by atoms with Crippen molar-refractivity contribution in [2.45, 2.75) is 13.0 Å². The lowest BCUT2D eigenvalue weighted by Gasteiger charge is -2.08. The Bertz CT molecular complexity index is 448. The molecule has 7 heteroatoms. The van der Waals surface area contributed by atoms with Gasteiger partial charge in [-0.1, -0.05) is 0 Å². The van der Waals surface area contributed by atoms with E-state index in [1.807, 2.05) is 5.32 Å². The average Bonchev–Trinajstić information content (AvgIpc) is 2.28. The van der Waals surface area contributed by atoms with Gasteiger partial charge < -0.3 is 10.4 Å². The van der Waals surface area contributed by atoms with Gasteiger partial charge in [0.1, 0.15) is 0 Å². The molecule has 0 radical (unpaired) electrons. The van der Waals surface area contributed by atoms with Gasteiger partial charge in [0.05, 0.1) is 11.7 Å². The van der Waals surface area contributed by atoms with E-state index >= 15 is 0 Å². The topological polar surface area (TPSA) is 49.3 Å². The second-order valence-corrected chi connectivity index (χ2v) is 3.41. The number of rotatable bonds is 3. The average molecular weight is 251 g/mol. The van der Waals surface area contributed by atoms with Crippen LogP contribution in [0.2, 0.25) is 0 Å². The molecule has 0 aliphatic rings. The Hall–Kier alpha value is -1.63. The van der Waals surface area contributed by atoms with E-state index in [4.69, 9.17) is 5.11 Å². The summed E-state index contributed by atoms with van der Waals surface area (Å²) in [6, 6.07) is 0.255. The van der Waals surface area contributed by atoms with Gasteiger partial charge in [0.25, 0.3) is 5.91 Å². The molecule has 0 aromatic heterocycles. The number of aliphatic hydroxyl groups excluding tert-OH is 1. The summed E-state index contributed by atoms with van der Waals surface area (Å²) in [4.78, 5) is 11.3. The van der Waals surface area contributed by atoms with Crippen LogP contribution < -0.4 is 5.32 Å². The van der Waals surface area contributed by atoms with Gasteiger partial charge in [0.2, 0.25) is 0 Å². The van der Waals surface area contributed by atoms with E-state index in [0.29, 0.717) is 0 Å². The van der Waals surface area contributed by atoms with E-state index < -0.39 is 40.8 Å². The molecular weight excluding hydrogens is 242 g/mol. The molecular formula is C10H9F4NO2. The molecule has 1 amide bonds. The smallest absolute Gasteiger partial charge is 0.254 e. The predicted molar refractivity (Wildman–Crippen MR) is 50.3 cm³/mol. The summed E-state index contributed by atoms with van der Waals surface area (Å²) in [7, 11) is 0. The Labute approximate surface area is 94.1 Å². The normalized spacial score (nSPS) is 12.4. The van der Waals surface area contributed by atoms with Gasteiger partial charge in [-0.3, -0.25) is 4.79 Å². The first-order valence-corrected chi connectivity index (χ1v) is 4.63. The van der Waals surface area contributed by atoms with Gasteiger partial charge in [-0.15, -0.1) is 0 Å². The molecule has 1 aromatic rings. The molecule has 1 atom stereocenters. The van der Waals surface area contributed by atoms with Crippen LogP contribution in [0.4, 0.5) is 17.6 Å². The van der Waals surface area contributed by atoms with Crippen molar-refractivity contribution in [1.82, 2.24) is 5.32 Å². The van der Waals surface area contributed by atoms with Crippen LogP contribution in [-0.2, 0) is 0 Å². The minimum absolute atomic E-state index is 0.223. The van der Waals surface area contributed by atoms with Crippen LogP contribution in [-0.4, -0.2) is 23.7 Å². The number of hydrogen-bond donors (Lipinski definition) is 2. The molecule has 17 heavy (non-hydrogen) atoms. The van der Waals surface area contributed by atoms with Crippen LogP contribution in [0.25, 0.3) is 0 Å². The molecule has 0 aliphatic carbocycles. The van der Waals surface area contributed by atoms with Crippen LogP contribution >= 0.6 is 0 Å². The summed E-state index contributed by atoms with van der Waals surface area (Å²) in [5.74, 6) is -8.60. The summed E-state index contributed by atoms with van der Waals surface area (Å²) in [6.07, 6.45) is -0.905. The van der Waals surface area contributed by atoms with E-state index in [-0.39, 0.29) is 12.6 Å². The second kappa shape index (κ2) is 5.13. The van der Waals surface area contributed by atoms with Gasteiger partial charge >= 0.3 is 0 Å². The molecule has 0 saturated carbocycles. The Morgan fingerprint density at radius 3 is 2.41 bits per heavy atom. The predicted octanol–water partition coefficient (Wildman–Crippen LogP) is 1.35. The van der Waals surface area contributed by atoms with Crippen LogP contribution in [0, 0.1) is 23.3 Å². The summed E-state index contributed by atoms with van der Waals surface area (Å²) < 4.78 is 51.3. The number of nitrogens with one attached hydrogen (secondary N) is 1. The van der Waals surface area contributed by atoms with Crippen molar-refractivity contribution < 1.29 is 27.5 Å². The van der Waals surface area contributed by atoms with Gasteiger partial charge in [0.15, 0.2) is 23.3 Å². The number of benzene rings is 1. The number of hydrogen-bond acceptors (Lipinski definition) is 2. The Morgan fingerprint density at radius 2 is 1.88 bits per heavy atom. The van der Waals surface area contributed by atoms with Crippen molar-refractivity contribution in [2.75, 3.05) is 6.54 Å². The fourth-order valence-electron chi connectivity index (χ4n) is 1.07. The lowest BCUT2D eigenvalue weighted by molar-refractivity contribution is 0.0918. The maximum Gasteiger partial charge on any atom is 0.254 e. The molecule has 0 bridgehead atoms. The van der Waals surface area contributed by atoms with Gasteiger partial charge in [-0.25, -0.2) is 17.6 Å². The molecule has 0 aliphatic heterocycles. The molecule has 94 valence electrons. The van der Waals surface area contributed by atoms with Gasteiger partial charge in [-0.2, -0.15) is 0 Å². The minimum Gasteiger partial charge on any atom is -0.392 e. The van der Waals surface area contributed by atoms with E-state index in [1.54, 1.807) is 0 Å². The minimum atomic E-state index is -2.05. The third-order valence-electron chi connectivity index (χ3n) is 1.91. The first-order chi connectivity index (χ1) is 7.84. The molecule has 0 heterocycles. The summed E-state index contributed by atoms with van der Waals surface area (Å²) in [5.41, 5.74) is -0.956. The Kier molecular flexibility index (Phi) is 4.06. The highest BCUT2D eigenvalue weighted by molar-refractivity contribution is 5.94. The van der Waals surface area contributed by atoms with E-state index in [9.17, 15) is 22.4 Å². The summed E-state index contributed by atoms with van der Waals surface area (Å²) in [5, 5.41) is 10.9. The number of carbonyl (C=O) groups excluding carboxylic acids is 1. The van der Waals surface area contributed by atoms with Crippen LogP contribution in [0.15, 0.2) is 6.07 Å². The quantitative estimate of drug-likeness (QED) is 0.484. The van der Waals surface area contributed by atoms with Crippen LogP contribution in [0.3, 0.4) is 0 Å². The highest BCUT2D eigenvalue weighted by Crippen LogP contribution is 2.18. The van der Waals surface area contributed by atoms with E-state index in [1.165, 1.54) is 6.92 Å². The van der Waals surface area contributed by atoms with Crippen molar-refractivity contribution in [3.05, 3.63) is 34.9 Å². The number of carbonyl (C=O) groups is 1. The number of aliphatic hydroxyl groups is 1. The number of halogens is 4. The van der Waals surface area contributed by atoms with E-state index in [2.05, 4.69) is 0 Å². The zero-order valence-electron chi connectivity index (χ0n) is 8.73. The highest BCUT2D eigenvalue weighted by atomic mass is 19.2. The molecule has 1 aromatic carbocycles. The summed E-state index contributed by atoms with van der Waals surface area (Å²) >= 11 is 0. The van der Waals surface area contributed by atoms with Gasteiger partial charge in [0, 0.05) is 6.54 Å². The molecule has 1 rings (SSSR count). The van der Waals surface area contributed by atoms with Crippen molar-refractivity contribution in [3.8, 4) is 0 Å². The largest absolute Gasteiger partial charge is 0.392 e. The molecule has 0 unspecified atom stereocenters. The second-order valence-electron chi connectivity index (χ2n) is 3.41. The zero-order valence-corrected chi connectivity index (χ0v) is 8.73. The first-order valence-electron chi connectivity index (χ1n) is 4.63. The third-order valence-corrected chi connectivity index (χ3v) is 1.91. The lowest BCUT2D eigenvalue weighted by atomic mass is 10.1. The maximum absolute atomic E-state index is 13.1. The molecule has 0 fully saturated rings. The van der Waals surface area contributed by atoms with Crippen LogP contribution in [0.1, 0.15) is 17.3 Å². The molecule has 0 spiro atoms. The molecule has 3 nitrogen and oxygen atoms in total. The first kappa shape index (κ1) is 13.4. The van der Waals surface area contributed by atoms with E-state index in [0.717, 1.165) is 0 Å². The fourth-order valence-corrected chi connectivity index (χ4v) is 1.07. The highest BCUT2D eigenvalue weighted by Gasteiger charge is 2.22.